The second-order valence-electron chi connectivity index (χ2n) is 2.95. The van der Waals surface area contributed by atoms with Crippen LogP contribution < -0.4 is 0 Å². The van der Waals surface area contributed by atoms with E-state index in [9.17, 15) is 0 Å². The summed E-state index contributed by atoms with van der Waals surface area (Å²) in [6.07, 6.45) is 5.58. The number of nitrogens with zero attached hydrogens (tertiary/aromatic N) is 2. The van der Waals surface area contributed by atoms with Gasteiger partial charge in [-0.15, -0.1) is 0 Å². The molecule has 0 N–H and O–H groups in total. The highest BCUT2D eigenvalue weighted by Crippen LogP contribution is 2.17. The molecule has 0 bridgehead atoms. The maximum absolute atomic E-state index is 4.27. The van der Waals surface area contributed by atoms with Crippen LogP contribution in [0.4, 0.5) is 0 Å². The van der Waals surface area contributed by atoms with Crippen molar-refractivity contribution in [2.45, 2.75) is 13.8 Å². The zero-order valence-corrected chi connectivity index (χ0v) is 7.20. The highest BCUT2D eigenvalue weighted by Gasteiger charge is 1.99. The highest BCUT2D eigenvalue weighted by atomic mass is 14.7. The van der Waals surface area contributed by atoms with Crippen molar-refractivity contribution in [2.24, 2.45) is 0 Å². The van der Waals surface area contributed by atoms with Crippen LogP contribution in [0.25, 0.3) is 10.8 Å². The molecule has 0 spiro atoms. The third-order valence-electron chi connectivity index (χ3n) is 2.09. The Morgan fingerprint density at radius 3 is 2.67 bits per heavy atom. The number of rotatable bonds is 0. The van der Waals surface area contributed by atoms with E-state index in [0.29, 0.717) is 0 Å². The van der Waals surface area contributed by atoms with Crippen molar-refractivity contribution < 1.29 is 0 Å². The van der Waals surface area contributed by atoms with Crippen LogP contribution in [0, 0.1) is 13.8 Å². The Morgan fingerprint density at radius 1 is 1.08 bits per heavy atom. The van der Waals surface area contributed by atoms with Gasteiger partial charge in [0.05, 0.1) is 0 Å². The average molecular weight is 158 g/mol. The van der Waals surface area contributed by atoms with Gasteiger partial charge in [0.2, 0.25) is 0 Å². The number of fused-ring (bicyclic) bond motifs is 1. The molecule has 2 heterocycles. The molecule has 0 amide bonds. The lowest BCUT2D eigenvalue weighted by Crippen LogP contribution is -1.87. The minimum Gasteiger partial charge on any atom is -0.264 e. The Bertz CT molecular complexity index is 381. The third kappa shape index (κ3) is 0.961. The highest BCUT2D eigenvalue weighted by molar-refractivity contribution is 5.85. The first-order valence-electron chi connectivity index (χ1n) is 3.95. The lowest BCUT2D eigenvalue weighted by molar-refractivity contribution is 1.20. The number of aryl methyl sites for hydroxylation is 2. The van der Waals surface area contributed by atoms with Crippen molar-refractivity contribution in [1.82, 2.24) is 9.97 Å². The van der Waals surface area contributed by atoms with E-state index in [1.807, 2.05) is 31.6 Å². The van der Waals surface area contributed by atoms with E-state index < -0.39 is 0 Å². The van der Waals surface area contributed by atoms with Gasteiger partial charge in [0, 0.05) is 29.7 Å². The van der Waals surface area contributed by atoms with Gasteiger partial charge in [0.15, 0.2) is 0 Å². The van der Waals surface area contributed by atoms with Crippen molar-refractivity contribution in [3.63, 3.8) is 0 Å². The third-order valence-corrected chi connectivity index (χ3v) is 2.09. The summed E-state index contributed by atoms with van der Waals surface area (Å²) in [5.41, 5.74) is 2.25. The second-order valence-corrected chi connectivity index (χ2v) is 2.95. The van der Waals surface area contributed by atoms with E-state index in [1.165, 1.54) is 10.9 Å². The molecule has 0 radical (unpaired) electrons. The predicted octanol–water partition coefficient (Wildman–Crippen LogP) is 2.25. The minimum atomic E-state index is 1.05. The minimum absolute atomic E-state index is 1.05. The molecule has 2 nitrogen and oxygen atoms in total. The second kappa shape index (κ2) is 2.55. The average Bonchev–Trinajstić information content (AvgIpc) is 2.12. The molecule has 0 fully saturated rings. The van der Waals surface area contributed by atoms with Gasteiger partial charge in [-0.1, -0.05) is 0 Å². The van der Waals surface area contributed by atoms with Crippen LogP contribution in [0.2, 0.25) is 0 Å². The van der Waals surface area contributed by atoms with E-state index in [0.717, 1.165) is 11.1 Å². The van der Waals surface area contributed by atoms with Crippen molar-refractivity contribution in [3.8, 4) is 0 Å². The molecule has 0 unspecified atom stereocenters. The predicted molar refractivity (Wildman–Crippen MR) is 49.0 cm³/mol. The van der Waals surface area contributed by atoms with Gasteiger partial charge in [0.25, 0.3) is 0 Å². The monoisotopic (exact) mass is 158 g/mol. The SMILES string of the molecule is Cc1cnc(C)c2cnccc12. The fraction of sp³-hybridized carbons (Fsp3) is 0.200. The molecule has 0 aliphatic carbocycles. The molecular formula is C10H10N2. The molecule has 0 aromatic carbocycles. The summed E-state index contributed by atoms with van der Waals surface area (Å²) in [5.74, 6) is 0. The lowest BCUT2D eigenvalue weighted by Gasteiger charge is -2.02. The largest absolute Gasteiger partial charge is 0.264 e. The summed E-state index contributed by atoms with van der Waals surface area (Å²) in [7, 11) is 0. The van der Waals surface area contributed by atoms with Gasteiger partial charge in [-0.3, -0.25) is 9.97 Å². The molecule has 2 heteroatoms. The van der Waals surface area contributed by atoms with Gasteiger partial charge < -0.3 is 0 Å². The Labute approximate surface area is 71.3 Å². The van der Waals surface area contributed by atoms with Crippen molar-refractivity contribution in [3.05, 3.63) is 35.9 Å². The summed E-state index contributed by atoms with van der Waals surface area (Å²) in [5, 5.41) is 2.40. The lowest BCUT2D eigenvalue weighted by atomic mass is 10.1. The Morgan fingerprint density at radius 2 is 1.92 bits per heavy atom. The molecule has 2 rings (SSSR count). The van der Waals surface area contributed by atoms with Crippen LogP contribution in [0.5, 0.6) is 0 Å². The van der Waals surface area contributed by atoms with E-state index >= 15 is 0 Å². The first kappa shape index (κ1) is 7.22. The first-order valence-corrected chi connectivity index (χ1v) is 3.95. The van der Waals surface area contributed by atoms with Crippen LogP contribution in [0.1, 0.15) is 11.3 Å². The van der Waals surface area contributed by atoms with Crippen molar-refractivity contribution in [1.29, 1.82) is 0 Å². The van der Waals surface area contributed by atoms with Gasteiger partial charge in [-0.05, 0) is 30.9 Å². The number of pyridine rings is 2. The van der Waals surface area contributed by atoms with Crippen LogP contribution in [-0.2, 0) is 0 Å². The zero-order valence-electron chi connectivity index (χ0n) is 7.20. The molecule has 0 saturated carbocycles. The summed E-state index contributed by atoms with van der Waals surface area (Å²) in [6.45, 7) is 4.07. The van der Waals surface area contributed by atoms with Gasteiger partial charge in [0.1, 0.15) is 0 Å². The van der Waals surface area contributed by atoms with Crippen LogP contribution in [0.15, 0.2) is 24.7 Å². The maximum Gasteiger partial charge on any atom is 0.0466 e. The van der Waals surface area contributed by atoms with E-state index in [1.54, 1.807) is 0 Å². The standard InChI is InChI=1S/C10H10N2/c1-7-5-12-8(2)10-6-11-4-3-9(7)10/h3-6H,1-2H3. The van der Waals surface area contributed by atoms with Crippen LogP contribution in [-0.4, -0.2) is 9.97 Å². The zero-order chi connectivity index (χ0) is 8.55. The Hall–Kier alpha value is -1.44. The summed E-state index contributed by atoms with van der Waals surface area (Å²) in [4.78, 5) is 8.34. The molecule has 2 aromatic heterocycles. The molecule has 0 aliphatic heterocycles. The molecule has 0 aliphatic rings. The fourth-order valence-corrected chi connectivity index (χ4v) is 1.36. The maximum atomic E-state index is 4.27. The molecule has 0 saturated heterocycles. The van der Waals surface area contributed by atoms with Gasteiger partial charge in [-0.25, -0.2) is 0 Å². The molecule has 12 heavy (non-hydrogen) atoms. The molecule has 60 valence electrons. The Balaban J connectivity index is 2.95. The fourth-order valence-electron chi connectivity index (χ4n) is 1.36. The smallest absolute Gasteiger partial charge is 0.0466 e. The van der Waals surface area contributed by atoms with Crippen molar-refractivity contribution in [2.75, 3.05) is 0 Å². The number of hydrogen-bond acceptors (Lipinski definition) is 2. The van der Waals surface area contributed by atoms with Gasteiger partial charge in [-0.2, -0.15) is 0 Å². The van der Waals surface area contributed by atoms with E-state index in [4.69, 9.17) is 0 Å². The van der Waals surface area contributed by atoms with Crippen molar-refractivity contribution >= 4 is 10.8 Å². The number of hydrogen-bond donors (Lipinski definition) is 0. The summed E-state index contributed by atoms with van der Waals surface area (Å²) in [6, 6.07) is 2.03. The van der Waals surface area contributed by atoms with E-state index in [-0.39, 0.29) is 0 Å². The topological polar surface area (TPSA) is 25.8 Å². The van der Waals surface area contributed by atoms with E-state index in [2.05, 4.69) is 16.9 Å². The molecular weight excluding hydrogens is 148 g/mol. The molecule has 2 aromatic rings. The summed E-state index contributed by atoms with van der Waals surface area (Å²) >= 11 is 0. The summed E-state index contributed by atoms with van der Waals surface area (Å²) < 4.78 is 0. The number of aromatic nitrogens is 2. The van der Waals surface area contributed by atoms with Crippen LogP contribution >= 0.6 is 0 Å². The molecule has 0 atom stereocenters. The van der Waals surface area contributed by atoms with Gasteiger partial charge >= 0.3 is 0 Å². The first-order chi connectivity index (χ1) is 5.79. The Kier molecular flexibility index (Phi) is 1.54. The normalized spacial score (nSPS) is 10.5. The van der Waals surface area contributed by atoms with Crippen LogP contribution in [0.3, 0.4) is 0 Å². The quantitative estimate of drug-likeness (QED) is 0.587.